The molecule has 0 saturated carbocycles. The third-order valence-electron chi connectivity index (χ3n) is 4.90. The van der Waals surface area contributed by atoms with Crippen LogP contribution in [0.3, 0.4) is 0 Å². The summed E-state index contributed by atoms with van der Waals surface area (Å²) >= 11 is 0. The number of aromatic nitrogens is 3. The molecule has 1 fully saturated rings. The van der Waals surface area contributed by atoms with Crippen LogP contribution in [-0.2, 0) is 10.0 Å². The van der Waals surface area contributed by atoms with Crippen molar-refractivity contribution in [2.24, 2.45) is 0 Å². The minimum atomic E-state index is -3.77. The van der Waals surface area contributed by atoms with E-state index in [1.54, 1.807) is 18.5 Å². The van der Waals surface area contributed by atoms with Gasteiger partial charge in [0.1, 0.15) is 5.65 Å². The standard InChI is InChI=1S/C18H22N4O4S2/c1-12-10-16-15(4-7-19-18(16)21-12)13-2-3-17(20-11-13)28(25,26)22-14-5-8-27(23,24)9-6-14/h2-4,7,10-11,14,22-24H,5-6,8-9H2,1H3,(H,19,21). The lowest BCUT2D eigenvalue weighted by Gasteiger charge is -2.39. The van der Waals surface area contributed by atoms with Crippen molar-refractivity contribution in [3.63, 3.8) is 0 Å². The molecule has 10 heteroatoms. The molecule has 3 aromatic heterocycles. The summed E-state index contributed by atoms with van der Waals surface area (Å²) in [5, 5.41) is 0.903. The molecular weight excluding hydrogens is 400 g/mol. The highest BCUT2D eigenvalue weighted by Crippen LogP contribution is 2.44. The summed E-state index contributed by atoms with van der Waals surface area (Å²) in [6.07, 6.45) is 4.05. The maximum Gasteiger partial charge on any atom is 0.258 e. The van der Waals surface area contributed by atoms with Gasteiger partial charge in [-0.05, 0) is 49.6 Å². The number of rotatable bonds is 4. The molecule has 1 saturated heterocycles. The van der Waals surface area contributed by atoms with Gasteiger partial charge in [0, 0.05) is 46.6 Å². The Kier molecular flexibility index (Phi) is 4.92. The van der Waals surface area contributed by atoms with Gasteiger partial charge in [-0.15, -0.1) is 0 Å². The summed E-state index contributed by atoms with van der Waals surface area (Å²) in [5.41, 5.74) is 3.50. The molecule has 3 aromatic rings. The molecule has 4 N–H and O–H groups in total. The first-order valence-electron chi connectivity index (χ1n) is 8.90. The van der Waals surface area contributed by atoms with E-state index in [1.807, 2.05) is 19.1 Å². The second kappa shape index (κ2) is 7.12. The van der Waals surface area contributed by atoms with E-state index in [0.717, 1.165) is 27.9 Å². The van der Waals surface area contributed by atoms with Gasteiger partial charge in [-0.25, -0.2) is 23.1 Å². The molecule has 150 valence electrons. The topological polar surface area (TPSA) is 128 Å². The van der Waals surface area contributed by atoms with E-state index < -0.39 is 20.6 Å². The smallest absolute Gasteiger partial charge is 0.258 e. The summed E-state index contributed by atoms with van der Waals surface area (Å²) in [6.45, 7) is 1.95. The quantitative estimate of drug-likeness (QED) is 0.511. The number of aryl methyl sites for hydroxylation is 1. The zero-order chi connectivity index (χ0) is 19.9. The zero-order valence-electron chi connectivity index (χ0n) is 15.3. The summed E-state index contributed by atoms with van der Waals surface area (Å²) < 4.78 is 47.2. The normalized spacial score (nSPS) is 19.0. The average molecular weight is 423 g/mol. The van der Waals surface area contributed by atoms with Crippen LogP contribution in [0.2, 0.25) is 0 Å². The van der Waals surface area contributed by atoms with Crippen LogP contribution in [0.5, 0.6) is 0 Å². The predicted molar refractivity (Wildman–Crippen MR) is 110 cm³/mol. The number of pyridine rings is 2. The van der Waals surface area contributed by atoms with Crippen LogP contribution in [0.15, 0.2) is 41.7 Å². The number of hydrogen-bond donors (Lipinski definition) is 4. The van der Waals surface area contributed by atoms with E-state index in [-0.39, 0.29) is 22.6 Å². The maximum atomic E-state index is 12.6. The first kappa shape index (κ1) is 19.3. The molecule has 1 aliphatic rings. The van der Waals surface area contributed by atoms with Gasteiger partial charge in [0.25, 0.3) is 10.0 Å². The zero-order valence-corrected chi connectivity index (χ0v) is 16.9. The molecule has 0 spiro atoms. The first-order chi connectivity index (χ1) is 13.2. The van der Waals surface area contributed by atoms with Gasteiger partial charge in [0.05, 0.1) is 0 Å². The van der Waals surface area contributed by atoms with Crippen molar-refractivity contribution in [3.05, 3.63) is 42.4 Å². The fourth-order valence-corrected chi connectivity index (χ4v) is 6.18. The Morgan fingerprint density at radius 2 is 1.93 bits per heavy atom. The minimum Gasteiger partial charge on any atom is -0.344 e. The van der Waals surface area contributed by atoms with E-state index in [1.165, 1.54) is 6.07 Å². The van der Waals surface area contributed by atoms with Crippen molar-refractivity contribution >= 4 is 31.6 Å². The SMILES string of the molecule is Cc1cc2c(-c3ccc(S(=O)(=O)NC4CCS(O)(O)CC4)nc3)ccnc2[nH]1. The van der Waals surface area contributed by atoms with Gasteiger partial charge in [-0.1, -0.05) is 0 Å². The van der Waals surface area contributed by atoms with Crippen LogP contribution < -0.4 is 4.72 Å². The Labute approximate surface area is 164 Å². The van der Waals surface area contributed by atoms with Crippen molar-refractivity contribution < 1.29 is 17.5 Å². The lowest BCUT2D eigenvalue weighted by Crippen LogP contribution is -2.40. The highest BCUT2D eigenvalue weighted by Gasteiger charge is 2.28. The van der Waals surface area contributed by atoms with Crippen LogP contribution in [0.4, 0.5) is 0 Å². The first-order valence-corrected chi connectivity index (χ1v) is 12.3. The Morgan fingerprint density at radius 1 is 1.18 bits per heavy atom. The highest BCUT2D eigenvalue weighted by molar-refractivity contribution is 8.24. The number of sulfonamides is 1. The third kappa shape index (κ3) is 3.91. The second-order valence-corrected chi connectivity index (χ2v) is 11.1. The number of nitrogens with one attached hydrogen (secondary N) is 2. The number of aromatic amines is 1. The van der Waals surface area contributed by atoms with Crippen molar-refractivity contribution in [3.8, 4) is 11.1 Å². The fraction of sp³-hybridized carbons (Fsp3) is 0.333. The van der Waals surface area contributed by atoms with Crippen molar-refractivity contribution in [2.75, 3.05) is 11.5 Å². The summed E-state index contributed by atoms with van der Waals surface area (Å²) in [7, 11) is -6.31. The number of H-pyrrole nitrogens is 1. The molecule has 0 unspecified atom stereocenters. The van der Waals surface area contributed by atoms with Crippen LogP contribution in [0.1, 0.15) is 18.5 Å². The number of fused-ring (bicyclic) bond motifs is 1. The Hall–Kier alpha value is -1.98. The van der Waals surface area contributed by atoms with E-state index in [4.69, 9.17) is 0 Å². The maximum absolute atomic E-state index is 12.6. The Bertz CT molecular complexity index is 1100. The fourth-order valence-electron chi connectivity index (χ4n) is 3.41. The van der Waals surface area contributed by atoms with Gasteiger partial charge in [0.2, 0.25) is 0 Å². The Balaban J connectivity index is 1.55. The molecule has 28 heavy (non-hydrogen) atoms. The molecule has 4 rings (SSSR count). The number of nitrogens with zero attached hydrogens (tertiary/aromatic N) is 2. The number of hydrogen-bond acceptors (Lipinski definition) is 6. The van der Waals surface area contributed by atoms with Gasteiger partial charge in [-0.2, -0.15) is 10.6 Å². The molecule has 0 amide bonds. The minimum absolute atomic E-state index is 0.0519. The van der Waals surface area contributed by atoms with Gasteiger partial charge >= 0.3 is 0 Å². The monoisotopic (exact) mass is 422 g/mol. The Morgan fingerprint density at radius 3 is 2.61 bits per heavy atom. The second-order valence-electron chi connectivity index (χ2n) is 7.06. The third-order valence-corrected chi connectivity index (χ3v) is 8.11. The van der Waals surface area contributed by atoms with Crippen LogP contribution in [0, 0.1) is 6.92 Å². The molecule has 0 radical (unpaired) electrons. The molecule has 0 atom stereocenters. The largest absolute Gasteiger partial charge is 0.344 e. The molecule has 0 aliphatic carbocycles. The van der Waals surface area contributed by atoms with Crippen molar-refractivity contribution in [2.45, 2.75) is 30.8 Å². The van der Waals surface area contributed by atoms with E-state index >= 15 is 0 Å². The lowest BCUT2D eigenvalue weighted by atomic mass is 10.1. The van der Waals surface area contributed by atoms with Crippen LogP contribution >= 0.6 is 10.6 Å². The summed E-state index contributed by atoms with van der Waals surface area (Å²) in [5.74, 6) is 0.446. The lowest BCUT2D eigenvalue weighted by molar-refractivity contribution is 0.444. The van der Waals surface area contributed by atoms with E-state index in [0.29, 0.717) is 12.8 Å². The van der Waals surface area contributed by atoms with Gasteiger partial charge in [0.15, 0.2) is 5.03 Å². The molecule has 8 nitrogen and oxygen atoms in total. The highest BCUT2D eigenvalue weighted by atomic mass is 32.3. The predicted octanol–water partition coefficient (Wildman–Crippen LogP) is 3.12. The van der Waals surface area contributed by atoms with Crippen LogP contribution in [-0.4, -0.2) is 50.0 Å². The molecule has 1 aliphatic heterocycles. The molecule has 0 aromatic carbocycles. The van der Waals surface area contributed by atoms with Gasteiger partial charge in [-0.3, -0.25) is 9.11 Å². The molecule has 0 bridgehead atoms. The molecule has 4 heterocycles. The van der Waals surface area contributed by atoms with Gasteiger partial charge < -0.3 is 4.98 Å². The van der Waals surface area contributed by atoms with E-state index in [2.05, 4.69) is 19.7 Å². The van der Waals surface area contributed by atoms with Crippen molar-refractivity contribution in [1.82, 2.24) is 19.7 Å². The van der Waals surface area contributed by atoms with Crippen LogP contribution in [0.25, 0.3) is 22.2 Å². The molecular formula is C18H22N4O4S2. The van der Waals surface area contributed by atoms with E-state index in [9.17, 15) is 17.5 Å². The summed E-state index contributed by atoms with van der Waals surface area (Å²) in [6, 6.07) is 6.78. The average Bonchev–Trinajstić information content (AvgIpc) is 3.04. The summed E-state index contributed by atoms with van der Waals surface area (Å²) in [4.78, 5) is 11.6. The van der Waals surface area contributed by atoms with Crippen molar-refractivity contribution in [1.29, 1.82) is 0 Å².